The molecule has 1 fully saturated rings. The molecule has 0 atom stereocenters. The molecular formula is C27H20ClN5O4S2. The van der Waals surface area contributed by atoms with Gasteiger partial charge in [0.2, 0.25) is 5.91 Å². The predicted molar refractivity (Wildman–Crippen MR) is 151 cm³/mol. The Bertz CT molecular complexity index is 1680. The van der Waals surface area contributed by atoms with Crippen molar-refractivity contribution in [2.45, 2.75) is 11.3 Å². The topological polar surface area (TPSA) is 123 Å². The SMILES string of the molecule is O=C(Cc1ccc(N=C2NC(=O)C(=Cc3ccc(-n4cccn4)cc3)S2)cc1)NS(=O)(=O)c1ccc(Cl)cc1. The van der Waals surface area contributed by atoms with Crippen molar-refractivity contribution >= 4 is 62.1 Å². The van der Waals surface area contributed by atoms with E-state index in [0.29, 0.717) is 26.3 Å². The van der Waals surface area contributed by atoms with Crippen molar-refractivity contribution in [3.8, 4) is 5.69 Å². The number of halogens is 1. The van der Waals surface area contributed by atoms with Crippen LogP contribution < -0.4 is 10.0 Å². The second kappa shape index (κ2) is 11.3. The number of benzene rings is 3. The Morgan fingerprint density at radius 1 is 1.05 bits per heavy atom. The number of aliphatic imine (C=N–C) groups is 1. The number of carbonyl (C=O) groups is 2. The molecule has 0 radical (unpaired) electrons. The van der Waals surface area contributed by atoms with Crippen LogP contribution in [0.25, 0.3) is 11.8 Å². The molecule has 5 rings (SSSR count). The molecule has 3 aromatic carbocycles. The number of hydrogen-bond donors (Lipinski definition) is 2. The lowest BCUT2D eigenvalue weighted by atomic mass is 10.1. The van der Waals surface area contributed by atoms with Crippen LogP contribution in [0.2, 0.25) is 5.02 Å². The standard InChI is InChI=1S/C27H20ClN5O4S2/c28-20-6-12-23(13-7-20)39(36,37)32-25(34)17-19-2-8-21(9-3-19)30-27-31-26(35)24(38-27)16-18-4-10-22(11-5-18)33-15-1-14-29-33/h1-16H,17H2,(H,32,34)(H,30,31,35). The number of amides is 2. The monoisotopic (exact) mass is 577 g/mol. The van der Waals surface area contributed by atoms with E-state index in [4.69, 9.17) is 11.6 Å². The van der Waals surface area contributed by atoms with Gasteiger partial charge in [-0.05, 0) is 83.6 Å². The summed E-state index contributed by atoms with van der Waals surface area (Å²) in [5, 5.41) is 7.77. The van der Waals surface area contributed by atoms with Gasteiger partial charge in [0.15, 0.2) is 5.17 Å². The van der Waals surface area contributed by atoms with Crippen molar-refractivity contribution in [3.63, 3.8) is 0 Å². The fraction of sp³-hybridized carbons (Fsp3) is 0.0370. The van der Waals surface area contributed by atoms with Crippen molar-refractivity contribution in [1.29, 1.82) is 0 Å². The van der Waals surface area contributed by atoms with Crippen LogP contribution in [0.15, 0.2) is 106 Å². The average Bonchev–Trinajstić information content (AvgIpc) is 3.56. The second-order valence-electron chi connectivity index (χ2n) is 8.35. The van der Waals surface area contributed by atoms with Crippen LogP contribution in [0.4, 0.5) is 5.69 Å². The first kappa shape index (κ1) is 26.4. The van der Waals surface area contributed by atoms with Crippen molar-refractivity contribution in [3.05, 3.63) is 112 Å². The Morgan fingerprint density at radius 3 is 2.44 bits per heavy atom. The fourth-order valence-corrected chi connectivity index (χ4v) is 5.58. The molecule has 0 spiro atoms. The van der Waals surface area contributed by atoms with E-state index in [9.17, 15) is 18.0 Å². The van der Waals surface area contributed by atoms with Crippen LogP contribution in [0.3, 0.4) is 0 Å². The van der Waals surface area contributed by atoms with Crippen LogP contribution in [-0.2, 0) is 26.0 Å². The van der Waals surface area contributed by atoms with E-state index in [2.05, 4.69) is 20.1 Å². The van der Waals surface area contributed by atoms with Crippen LogP contribution in [-0.4, -0.2) is 35.2 Å². The molecule has 1 saturated heterocycles. The quantitative estimate of drug-likeness (QED) is 0.313. The molecule has 9 nitrogen and oxygen atoms in total. The zero-order valence-corrected chi connectivity index (χ0v) is 22.5. The maximum atomic E-state index is 12.4. The Kier molecular flexibility index (Phi) is 7.64. The normalized spacial score (nSPS) is 15.5. The van der Waals surface area contributed by atoms with Crippen molar-refractivity contribution in [2.24, 2.45) is 4.99 Å². The summed E-state index contributed by atoms with van der Waals surface area (Å²) >= 11 is 7.01. The van der Waals surface area contributed by atoms with Gasteiger partial charge >= 0.3 is 0 Å². The molecule has 12 heteroatoms. The summed E-state index contributed by atoms with van der Waals surface area (Å²) in [7, 11) is -4.00. The third kappa shape index (κ3) is 6.63. The molecule has 1 aliphatic rings. The molecule has 1 aromatic heterocycles. The van der Waals surface area contributed by atoms with E-state index in [1.54, 1.807) is 41.2 Å². The van der Waals surface area contributed by atoms with Gasteiger partial charge in [-0.25, -0.2) is 22.8 Å². The van der Waals surface area contributed by atoms with E-state index in [-0.39, 0.29) is 17.2 Å². The number of rotatable bonds is 7. The molecule has 2 amide bonds. The minimum absolute atomic E-state index is 0.0535. The summed E-state index contributed by atoms with van der Waals surface area (Å²) in [6.45, 7) is 0. The number of hydrogen-bond acceptors (Lipinski definition) is 7. The van der Waals surface area contributed by atoms with E-state index >= 15 is 0 Å². The maximum absolute atomic E-state index is 12.4. The number of aromatic nitrogens is 2. The Labute approximate surface area is 233 Å². The van der Waals surface area contributed by atoms with Gasteiger partial charge in [-0.1, -0.05) is 35.9 Å². The minimum atomic E-state index is -4.00. The summed E-state index contributed by atoms with van der Waals surface area (Å²) in [6, 6.07) is 21.7. The first-order valence-electron chi connectivity index (χ1n) is 11.5. The molecule has 39 heavy (non-hydrogen) atoms. The Balaban J connectivity index is 1.20. The van der Waals surface area contributed by atoms with Crippen molar-refractivity contribution < 1.29 is 18.0 Å². The predicted octanol–water partition coefficient (Wildman–Crippen LogP) is 4.46. The lowest BCUT2D eigenvalue weighted by molar-refractivity contribution is -0.118. The van der Waals surface area contributed by atoms with E-state index in [1.165, 1.54) is 36.0 Å². The third-order valence-corrected chi connectivity index (χ3v) is 8.07. The van der Waals surface area contributed by atoms with Crippen LogP contribution in [0, 0.1) is 0 Å². The molecular weight excluding hydrogens is 558 g/mol. The van der Waals surface area contributed by atoms with Crippen LogP contribution in [0.5, 0.6) is 0 Å². The average molecular weight is 578 g/mol. The largest absolute Gasteiger partial charge is 0.300 e. The third-order valence-electron chi connectivity index (χ3n) is 5.51. The molecule has 196 valence electrons. The highest BCUT2D eigenvalue weighted by atomic mass is 35.5. The van der Waals surface area contributed by atoms with E-state index in [1.807, 2.05) is 36.5 Å². The highest BCUT2D eigenvalue weighted by Crippen LogP contribution is 2.28. The van der Waals surface area contributed by atoms with Gasteiger partial charge in [0.25, 0.3) is 15.9 Å². The molecule has 4 aromatic rings. The first-order chi connectivity index (χ1) is 18.7. The molecule has 0 aliphatic carbocycles. The highest BCUT2D eigenvalue weighted by Gasteiger charge is 2.24. The molecule has 2 heterocycles. The highest BCUT2D eigenvalue weighted by molar-refractivity contribution is 8.18. The number of nitrogens with one attached hydrogen (secondary N) is 2. The van der Waals surface area contributed by atoms with Crippen molar-refractivity contribution in [2.75, 3.05) is 0 Å². The number of amidine groups is 1. The molecule has 0 saturated carbocycles. The first-order valence-corrected chi connectivity index (χ1v) is 14.2. The summed E-state index contributed by atoms with van der Waals surface area (Å²) in [6.07, 6.45) is 5.21. The fourth-order valence-electron chi connectivity index (χ4n) is 3.63. The molecule has 1 aliphatic heterocycles. The zero-order chi connectivity index (χ0) is 27.4. The Hall–Kier alpha value is -4.19. The summed E-state index contributed by atoms with van der Waals surface area (Å²) in [5.74, 6) is -0.917. The van der Waals surface area contributed by atoms with E-state index < -0.39 is 15.9 Å². The smallest absolute Gasteiger partial charge is 0.264 e. The minimum Gasteiger partial charge on any atom is -0.300 e. The number of carbonyl (C=O) groups excluding carboxylic acids is 2. The van der Waals surface area contributed by atoms with Gasteiger partial charge in [0, 0.05) is 17.4 Å². The number of thioether (sulfide) groups is 1. The maximum Gasteiger partial charge on any atom is 0.264 e. The van der Waals surface area contributed by atoms with Gasteiger partial charge in [0.1, 0.15) is 0 Å². The van der Waals surface area contributed by atoms with Gasteiger partial charge in [-0.3, -0.25) is 9.59 Å². The molecule has 2 N–H and O–H groups in total. The number of sulfonamides is 1. The summed E-state index contributed by atoms with van der Waals surface area (Å²) in [4.78, 5) is 29.7. The van der Waals surface area contributed by atoms with Crippen molar-refractivity contribution in [1.82, 2.24) is 19.8 Å². The lowest BCUT2D eigenvalue weighted by Gasteiger charge is -2.07. The number of nitrogens with zero attached hydrogens (tertiary/aromatic N) is 3. The second-order valence-corrected chi connectivity index (χ2v) is 11.5. The zero-order valence-electron chi connectivity index (χ0n) is 20.1. The summed E-state index contributed by atoms with van der Waals surface area (Å²) in [5.41, 5.74) is 2.95. The Morgan fingerprint density at radius 2 is 1.77 bits per heavy atom. The summed E-state index contributed by atoms with van der Waals surface area (Å²) < 4.78 is 28.6. The molecule has 0 bridgehead atoms. The van der Waals surface area contributed by atoms with Gasteiger partial charge < -0.3 is 5.32 Å². The van der Waals surface area contributed by atoms with Crippen LogP contribution >= 0.6 is 23.4 Å². The van der Waals surface area contributed by atoms with E-state index in [0.717, 1.165) is 11.3 Å². The van der Waals surface area contributed by atoms with Gasteiger partial charge in [-0.15, -0.1) is 0 Å². The van der Waals surface area contributed by atoms with Crippen LogP contribution in [0.1, 0.15) is 11.1 Å². The van der Waals surface area contributed by atoms with Gasteiger partial charge in [0.05, 0.1) is 27.6 Å². The lowest BCUT2D eigenvalue weighted by Crippen LogP contribution is -2.31. The molecule has 0 unspecified atom stereocenters. The van der Waals surface area contributed by atoms with Gasteiger partial charge in [-0.2, -0.15) is 5.10 Å².